The fraction of sp³-hybridized carbons (Fsp3) is 0.136. The lowest BCUT2D eigenvalue weighted by atomic mass is 9.98. The van der Waals surface area contributed by atoms with Crippen molar-refractivity contribution in [2.75, 3.05) is 7.11 Å². The summed E-state index contributed by atoms with van der Waals surface area (Å²) in [6, 6.07) is 14.5. The van der Waals surface area contributed by atoms with Crippen molar-refractivity contribution in [1.29, 1.82) is 0 Å². The third-order valence-corrected chi connectivity index (χ3v) is 4.76. The predicted molar refractivity (Wildman–Crippen MR) is 104 cm³/mol. The van der Waals surface area contributed by atoms with Crippen LogP contribution in [0.5, 0.6) is 5.75 Å². The van der Waals surface area contributed by atoms with Crippen LogP contribution in [0.15, 0.2) is 77.0 Å². The summed E-state index contributed by atoms with van der Waals surface area (Å²) in [4.78, 5) is 31.4. The number of amides is 1. The van der Waals surface area contributed by atoms with Crippen LogP contribution in [0.4, 0.5) is 0 Å². The average molecular weight is 390 g/mol. The molecule has 0 saturated carbocycles. The zero-order valence-electron chi connectivity index (χ0n) is 15.6. The van der Waals surface area contributed by atoms with E-state index in [1.54, 1.807) is 60.8 Å². The van der Waals surface area contributed by atoms with Crippen LogP contribution in [0, 0.1) is 0 Å². The molecule has 7 nitrogen and oxygen atoms in total. The molecule has 0 spiro atoms. The quantitative estimate of drug-likeness (QED) is 0.408. The highest BCUT2D eigenvalue weighted by Gasteiger charge is 2.47. The number of pyridine rings is 1. The van der Waals surface area contributed by atoms with E-state index in [2.05, 4.69) is 4.98 Å². The Kier molecular flexibility index (Phi) is 4.87. The molecule has 146 valence electrons. The highest BCUT2D eigenvalue weighted by molar-refractivity contribution is 6.46. The fourth-order valence-corrected chi connectivity index (χ4v) is 3.38. The van der Waals surface area contributed by atoms with Gasteiger partial charge in [-0.25, -0.2) is 0 Å². The molecule has 1 N–H and O–H groups in total. The molecule has 0 radical (unpaired) electrons. The number of hydrogen-bond acceptors (Lipinski definition) is 6. The number of aliphatic hydroxyl groups is 1. The van der Waals surface area contributed by atoms with Gasteiger partial charge in [-0.2, -0.15) is 0 Å². The number of aromatic nitrogens is 1. The van der Waals surface area contributed by atoms with E-state index in [1.165, 1.54) is 18.3 Å². The summed E-state index contributed by atoms with van der Waals surface area (Å²) in [6.07, 6.45) is 3.08. The predicted octanol–water partition coefficient (Wildman–Crippen LogP) is 3.31. The van der Waals surface area contributed by atoms with Crippen molar-refractivity contribution in [1.82, 2.24) is 9.88 Å². The molecule has 1 aromatic carbocycles. The molecule has 1 unspecified atom stereocenters. The summed E-state index contributed by atoms with van der Waals surface area (Å²) in [5.41, 5.74) is 0.831. The smallest absolute Gasteiger partial charge is 0.296 e. The van der Waals surface area contributed by atoms with Gasteiger partial charge in [-0.05, 0) is 36.4 Å². The summed E-state index contributed by atoms with van der Waals surface area (Å²) < 4.78 is 10.6. The maximum absolute atomic E-state index is 12.9. The number of aliphatic hydroxyl groups excluding tert-OH is 1. The number of hydrogen-bond donors (Lipinski definition) is 1. The number of rotatable bonds is 5. The Bertz CT molecular complexity index is 1070. The van der Waals surface area contributed by atoms with Gasteiger partial charge in [0.2, 0.25) is 0 Å². The molecule has 4 rings (SSSR count). The molecule has 0 aliphatic carbocycles. The summed E-state index contributed by atoms with van der Waals surface area (Å²) in [5, 5.41) is 11.0. The van der Waals surface area contributed by atoms with Crippen LogP contribution >= 0.6 is 0 Å². The van der Waals surface area contributed by atoms with Gasteiger partial charge in [-0.3, -0.25) is 14.6 Å². The Morgan fingerprint density at radius 2 is 2.03 bits per heavy atom. The van der Waals surface area contributed by atoms with Gasteiger partial charge in [-0.15, -0.1) is 0 Å². The Morgan fingerprint density at radius 1 is 1.17 bits per heavy atom. The first-order valence-corrected chi connectivity index (χ1v) is 8.96. The minimum atomic E-state index is -0.840. The number of ether oxygens (including phenoxy) is 1. The van der Waals surface area contributed by atoms with Crippen molar-refractivity contribution in [2.24, 2.45) is 0 Å². The lowest BCUT2D eigenvalue weighted by Crippen LogP contribution is -2.29. The lowest BCUT2D eigenvalue weighted by molar-refractivity contribution is -0.140. The van der Waals surface area contributed by atoms with E-state index >= 15 is 0 Å². The topological polar surface area (TPSA) is 92.9 Å². The number of carbonyl (C=O) groups excluding carboxylic acids is 2. The van der Waals surface area contributed by atoms with E-state index in [9.17, 15) is 14.7 Å². The zero-order chi connectivity index (χ0) is 20.4. The molecule has 1 aliphatic heterocycles. The van der Waals surface area contributed by atoms with E-state index in [4.69, 9.17) is 9.15 Å². The van der Waals surface area contributed by atoms with Gasteiger partial charge in [0, 0.05) is 11.8 Å². The van der Waals surface area contributed by atoms with Gasteiger partial charge in [0.05, 0.1) is 31.2 Å². The van der Waals surface area contributed by atoms with Crippen LogP contribution in [0.3, 0.4) is 0 Å². The molecule has 0 bridgehead atoms. The molecule has 1 fully saturated rings. The molecule has 1 aliphatic rings. The van der Waals surface area contributed by atoms with Crippen LogP contribution in [0.1, 0.15) is 23.1 Å². The molecular weight excluding hydrogens is 372 g/mol. The summed E-state index contributed by atoms with van der Waals surface area (Å²) >= 11 is 0. The van der Waals surface area contributed by atoms with E-state index in [0.29, 0.717) is 22.8 Å². The highest BCUT2D eigenvalue weighted by Crippen LogP contribution is 2.39. The second-order valence-electron chi connectivity index (χ2n) is 6.49. The van der Waals surface area contributed by atoms with E-state index in [0.717, 1.165) is 0 Å². The molecule has 1 saturated heterocycles. The van der Waals surface area contributed by atoms with E-state index < -0.39 is 17.7 Å². The van der Waals surface area contributed by atoms with E-state index in [-0.39, 0.29) is 17.9 Å². The number of benzene rings is 1. The van der Waals surface area contributed by atoms with Crippen molar-refractivity contribution in [3.8, 4) is 5.75 Å². The summed E-state index contributed by atoms with van der Waals surface area (Å²) in [5.74, 6) is -0.726. The molecule has 1 atom stereocenters. The first-order valence-electron chi connectivity index (χ1n) is 8.96. The van der Waals surface area contributed by atoms with Gasteiger partial charge >= 0.3 is 0 Å². The monoisotopic (exact) mass is 390 g/mol. The fourth-order valence-electron chi connectivity index (χ4n) is 3.38. The number of likely N-dealkylation sites (tertiary alicyclic amines) is 1. The number of Topliss-reactive ketones (excluding diaryl/α,β-unsaturated/α-hetero) is 1. The Morgan fingerprint density at radius 3 is 2.72 bits per heavy atom. The van der Waals surface area contributed by atoms with Crippen molar-refractivity contribution < 1.29 is 23.8 Å². The van der Waals surface area contributed by atoms with Gasteiger partial charge in [-0.1, -0.05) is 18.2 Å². The Balaban J connectivity index is 1.86. The normalized spacial score (nSPS) is 18.2. The van der Waals surface area contributed by atoms with E-state index in [1.807, 2.05) is 0 Å². The molecule has 1 amide bonds. The first-order chi connectivity index (χ1) is 14.1. The first kappa shape index (κ1) is 18.5. The lowest BCUT2D eigenvalue weighted by Gasteiger charge is -2.23. The number of furan rings is 1. The molecule has 7 heteroatoms. The standard InChI is InChI=1S/C22H18N2O5/c1-28-15-7-4-6-14(12-15)20(25)18-19(17-9-2-3-10-23-17)24(22(27)21(18)26)13-16-8-5-11-29-16/h2-12,19,25H,13H2,1H3/b20-18-. The third kappa shape index (κ3) is 3.38. The van der Waals surface area contributed by atoms with Crippen molar-refractivity contribution in [2.45, 2.75) is 12.6 Å². The molecular formula is C22H18N2O5. The van der Waals surface area contributed by atoms with Crippen molar-refractivity contribution in [3.05, 3.63) is 89.6 Å². The molecule has 29 heavy (non-hydrogen) atoms. The Labute approximate surface area is 166 Å². The van der Waals surface area contributed by atoms with Gasteiger partial charge < -0.3 is 19.2 Å². The minimum Gasteiger partial charge on any atom is -0.507 e. The average Bonchev–Trinajstić information content (AvgIpc) is 3.36. The maximum atomic E-state index is 12.9. The number of nitrogens with zero attached hydrogens (tertiary/aromatic N) is 2. The van der Waals surface area contributed by atoms with Crippen LogP contribution in [0.25, 0.3) is 5.76 Å². The second kappa shape index (κ2) is 7.63. The second-order valence-corrected chi connectivity index (χ2v) is 6.49. The zero-order valence-corrected chi connectivity index (χ0v) is 15.6. The van der Waals surface area contributed by atoms with Crippen LogP contribution in [-0.4, -0.2) is 33.8 Å². The summed E-state index contributed by atoms with van der Waals surface area (Å²) in [6.45, 7) is 0.0771. The van der Waals surface area contributed by atoms with Gasteiger partial charge in [0.15, 0.2) is 0 Å². The molecule has 3 heterocycles. The third-order valence-electron chi connectivity index (χ3n) is 4.76. The minimum absolute atomic E-state index is 0.0199. The molecule has 2 aromatic heterocycles. The highest BCUT2D eigenvalue weighted by atomic mass is 16.5. The van der Waals surface area contributed by atoms with Crippen LogP contribution < -0.4 is 4.74 Å². The number of carbonyl (C=O) groups is 2. The van der Waals surface area contributed by atoms with Crippen LogP contribution in [0.2, 0.25) is 0 Å². The number of ketones is 1. The number of methoxy groups -OCH3 is 1. The van der Waals surface area contributed by atoms with Crippen LogP contribution in [-0.2, 0) is 16.1 Å². The summed E-state index contributed by atoms with van der Waals surface area (Å²) in [7, 11) is 1.51. The Hall–Kier alpha value is -3.87. The maximum Gasteiger partial charge on any atom is 0.296 e. The van der Waals surface area contributed by atoms with Crippen molar-refractivity contribution >= 4 is 17.4 Å². The SMILES string of the molecule is COc1cccc(/C(O)=C2/C(=O)C(=O)N(Cc3ccco3)C2c2ccccn2)c1. The molecule has 3 aromatic rings. The van der Waals surface area contributed by atoms with Crippen molar-refractivity contribution in [3.63, 3.8) is 0 Å². The van der Waals surface area contributed by atoms with Gasteiger partial charge in [0.25, 0.3) is 11.7 Å². The van der Waals surface area contributed by atoms with Gasteiger partial charge in [0.1, 0.15) is 23.3 Å². The largest absolute Gasteiger partial charge is 0.507 e.